The molecule has 1 unspecified atom stereocenters. The van der Waals surface area contributed by atoms with Gasteiger partial charge in [0.25, 0.3) is 0 Å². The molecule has 1 aromatic rings. The Morgan fingerprint density at radius 1 is 1.39 bits per heavy atom. The molecule has 1 atom stereocenters. The van der Waals surface area contributed by atoms with Gasteiger partial charge in [-0.2, -0.15) is 0 Å². The number of pyridine rings is 1. The maximum Gasteiger partial charge on any atom is 0.139 e. The number of rotatable bonds is 2. The van der Waals surface area contributed by atoms with Gasteiger partial charge in [0.05, 0.1) is 5.56 Å². The molecule has 98 valence electrons. The molecule has 2 rings (SSSR count). The highest BCUT2D eigenvalue weighted by Gasteiger charge is 2.21. The van der Waals surface area contributed by atoms with Gasteiger partial charge >= 0.3 is 0 Å². The van der Waals surface area contributed by atoms with Crippen molar-refractivity contribution in [2.45, 2.75) is 45.6 Å². The summed E-state index contributed by atoms with van der Waals surface area (Å²) in [6.07, 6.45) is 5.03. The largest absolute Gasteiger partial charge is 0.389 e. The quantitative estimate of drug-likeness (QED) is 0.833. The molecule has 4 heteroatoms. The molecule has 0 spiro atoms. The third-order valence-electron chi connectivity index (χ3n) is 3.60. The second-order valence-electron chi connectivity index (χ2n) is 5.08. The summed E-state index contributed by atoms with van der Waals surface area (Å²) >= 11 is 5.15. The molecule has 1 aliphatic rings. The normalized spacial score (nSPS) is 20.6. The zero-order chi connectivity index (χ0) is 13.1. The predicted octanol–water partition coefficient (Wildman–Crippen LogP) is 2.79. The smallest absolute Gasteiger partial charge is 0.139 e. The van der Waals surface area contributed by atoms with Crippen molar-refractivity contribution in [1.82, 2.24) is 4.98 Å². The minimum atomic E-state index is 0.439. The van der Waals surface area contributed by atoms with E-state index >= 15 is 0 Å². The first-order valence-corrected chi connectivity index (χ1v) is 7.04. The number of nitrogens with zero attached hydrogens (tertiary/aromatic N) is 2. The summed E-state index contributed by atoms with van der Waals surface area (Å²) in [6, 6.07) is 4.48. The van der Waals surface area contributed by atoms with E-state index in [2.05, 4.69) is 16.8 Å². The molecular formula is C14H21N3S. The number of hydrogen-bond acceptors (Lipinski definition) is 3. The molecule has 1 saturated heterocycles. The van der Waals surface area contributed by atoms with Crippen molar-refractivity contribution in [3.63, 3.8) is 0 Å². The molecule has 0 amide bonds. The van der Waals surface area contributed by atoms with Crippen LogP contribution in [0.3, 0.4) is 0 Å². The first kappa shape index (κ1) is 13.3. The lowest BCUT2D eigenvalue weighted by Gasteiger charge is -2.30. The van der Waals surface area contributed by atoms with Crippen molar-refractivity contribution in [3.8, 4) is 0 Å². The third kappa shape index (κ3) is 2.80. The molecule has 1 aliphatic heterocycles. The molecular weight excluding hydrogens is 242 g/mol. The van der Waals surface area contributed by atoms with Gasteiger partial charge in [-0.05, 0) is 38.8 Å². The van der Waals surface area contributed by atoms with Gasteiger partial charge < -0.3 is 10.6 Å². The number of anilines is 1. The average Bonchev–Trinajstić information content (AvgIpc) is 2.53. The molecule has 0 aliphatic carbocycles. The Morgan fingerprint density at radius 3 is 2.89 bits per heavy atom. The molecule has 0 bridgehead atoms. The minimum Gasteiger partial charge on any atom is -0.389 e. The zero-order valence-corrected chi connectivity index (χ0v) is 12.0. The van der Waals surface area contributed by atoms with Crippen LogP contribution in [0.1, 0.15) is 43.9 Å². The Kier molecular flexibility index (Phi) is 4.17. The summed E-state index contributed by atoms with van der Waals surface area (Å²) in [7, 11) is 0. The summed E-state index contributed by atoms with van der Waals surface area (Å²) in [5, 5.41) is 0. The van der Waals surface area contributed by atoms with Crippen LogP contribution in [0, 0.1) is 6.92 Å². The molecule has 1 aromatic heterocycles. The maximum absolute atomic E-state index is 5.82. The summed E-state index contributed by atoms with van der Waals surface area (Å²) in [6.45, 7) is 5.32. The van der Waals surface area contributed by atoms with Gasteiger partial charge in [-0.25, -0.2) is 4.98 Å². The van der Waals surface area contributed by atoms with Gasteiger partial charge in [-0.3, -0.25) is 0 Å². The standard InChI is InChI=1S/C14H21N3S/c1-10-7-8-12(13(15)18)14(16-10)17-9-5-3-4-6-11(17)2/h7-8,11H,3-6,9H2,1-2H3,(H2,15,18). The number of aryl methyl sites for hydroxylation is 1. The van der Waals surface area contributed by atoms with Crippen molar-refractivity contribution in [2.75, 3.05) is 11.4 Å². The second-order valence-corrected chi connectivity index (χ2v) is 5.52. The van der Waals surface area contributed by atoms with Crippen molar-refractivity contribution in [1.29, 1.82) is 0 Å². The molecule has 3 nitrogen and oxygen atoms in total. The van der Waals surface area contributed by atoms with Crippen LogP contribution < -0.4 is 10.6 Å². The van der Waals surface area contributed by atoms with Crippen molar-refractivity contribution in [3.05, 3.63) is 23.4 Å². The van der Waals surface area contributed by atoms with Gasteiger partial charge in [0.1, 0.15) is 10.8 Å². The molecule has 0 aromatic carbocycles. The van der Waals surface area contributed by atoms with Crippen LogP contribution in [0.25, 0.3) is 0 Å². The number of nitrogens with two attached hydrogens (primary N) is 1. The highest BCUT2D eigenvalue weighted by Crippen LogP contribution is 2.26. The van der Waals surface area contributed by atoms with E-state index in [0.717, 1.165) is 23.6 Å². The lowest BCUT2D eigenvalue weighted by Crippen LogP contribution is -2.35. The van der Waals surface area contributed by atoms with Crippen LogP contribution in [0.5, 0.6) is 0 Å². The van der Waals surface area contributed by atoms with Gasteiger partial charge in [0.2, 0.25) is 0 Å². The summed E-state index contributed by atoms with van der Waals surface area (Å²) in [5.74, 6) is 0.969. The topological polar surface area (TPSA) is 42.1 Å². The lowest BCUT2D eigenvalue weighted by molar-refractivity contribution is 0.610. The van der Waals surface area contributed by atoms with E-state index in [1.807, 2.05) is 19.1 Å². The SMILES string of the molecule is Cc1ccc(C(N)=S)c(N2CCCCCC2C)n1. The Labute approximate surface area is 114 Å². The fourth-order valence-electron chi connectivity index (χ4n) is 2.54. The Morgan fingerprint density at radius 2 is 2.17 bits per heavy atom. The minimum absolute atomic E-state index is 0.439. The fourth-order valence-corrected chi connectivity index (χ4v) is 2.70. The van der Waals surface area contributed by atoms with Crippen LogP contribution in [-0.2, 0) is 0 Å². The first-order chi connectivity index (χ1) is 8.59. The van der Waals surface area contributed by atoms with Crippen LogP contribution >= 0.6 is 12.2 Å². The van der Waals surface area contributed by atoms with Crippen LogP contribution in [0.2, 0.25) is 0 Å². The van der Waals surface area contributed by atoms with E-state index in [1.54, 1.807) is 0 Å². The van der Waals surface area contributed by atoms with E-state index in [-0.39, 0.29) is 0 Å². The lowest BCUT2D eigenvalue weighted by atomic mass is 10.1. The molecule has 18 heavy (non-hydrogen) atoms. The molecule has 0 saturated carbocycles. The van der Waals surface area contributed by atoms with Crippen LogP contribution in [0.15, 0.2) is 12.1 Å². The molecule has 2 N–H and O–H groups in total. The Hall–Kier alpha value is -1.16. The van der Waals surface area contributed by atoms with Crippen LogP contribution in [-0.4, -0.2) is 22.6 Å². The zero-order valence-electron chi connectivity index (χ0n) is 11.1. The molecule has 2 heterocycles. The van der Waals surface area contributed by atoms with Crippen molar-refractivity contribution in [2.24, 2.45) is 5.73 Å². The molecule has 0 radical (unpaired) electrons. The average molecular weight is 263 g/mol. The monoisotopic (exact) mass is 263 g/mol. The number of hydrogen-bond donors (Lipinski definition) is 1. The molecule has 1 fully saturated rings. The van der Waals surface area contributed by atoms with Crippen molar-refractivity contribution < 1.29 is 0 Å². The summed E-state index contributed by atoms with van der Waals surface area (Å²) < 4.78 is 0. The first-order valence-electron chi connectivity index (χ1n) is 6.63. The van der Waals surface area contributed by atoms with E-state index < -0.39 is 0 Å². The maximum atomic E-state index is 5.82. The third-order valence-corrected chi connectivity index (χ3v) is 3.82. The second kappa shape index (κ2) is 5.65. The highest BCUT2D eigenvalue weighted by molar-refractivity contribution is 7.80. The predicted molar refractivity (Wildman–Crippen MR) is 80.1 cm³/mol. The van der Waals surface area contributed by atoms with E-state index in [4.69, 9.17) is 18.0 Å². The highest BCUT2D eigenvalue weighted by atomic mass is 32.1. The number of thiocarbonyl (C=S) groups is 1. The summed E-state index contributed by atoms with van der Waals surface area (Å²) in [5.41, 5.74) is 7.74. The van der Waals surface area contributed by atoms with E-state index in [9.17, 15) is 0 Å². The summed E-state index contributed by atoms with van der Waals surface area (Å²) in [4.78, 5) is 7.48. The van der Waals surface area contributed by atoms with E-state index in [1.165, 1.54) is 25.7 Å². The van der Waals surface area contributed by atoms with Gasteiger partial charge in [-0.15, -0.1) is 0 Å². The van der Waals surface area contributed by atoms with Crippen LogP contribution in [0.4, 0.5) is 5.82 Å². The number of aromatic nitrogens is 1. The van der Waals surface area contributed by atoms with Gasteiger partial charge in [-0.1, -0.05) is 25.1 Å². The van der Waals surface area contributed by atoms with E-state index in [0.29, 0.717) is 11.0 Å². The van der Waals surface area contributed by atoms with Crippen molar-refractivity contribution >= 4 is 23.0 Å². The van der Waals surface area contributed by atoms with Gasteiger partial charge in [0, 0.05) is 18.3 Å². The fraction of sp³-hybridized carbons (Fsp3) is 0.571. The Bertz CT molecular complexity index is 445. The van der Waals surface area contributed by atoms with Gasteiger partial charge in [0.15, 0.2) is 0 Å². The Balaban J connectivity index is 2.40.